The zero-order chi connectivity index (χ0) is 20.2. The molecule has 0 atom stereocenters. The second-order valence-corrected chi connectivity index (χ2v) is 7.66. The van der Waals surface area contributed by atoms with Crippen molar-refractivity contribution in [3.05, 3.63) is 48.0 Å². The van der Waals surface area contributed by atoms with Gasteiger partial charge in [-0.3, -0.25) is 4.79 Å². The minimum absolute atomic E-state index is 0.0238. The Kier molecular flexibility index (Phi) is 6.34. The van der Waals surface area contributed by atoms with Crippen LogP contribution >= 0.6 is 0 Å². The third-order valence-corrected chi connectivity index (χ3v) is 5.35. The lowest BCUT2D eigenvalue weighted by Crippen LogP contribution is -2.22. The minimum Gasteiger partial charge on any atom is -0.495 e. The number of hydrogen-bond donors (Lipinski definition) is 1. The molecular weight excluding hydrogens is 382 g/mol. The maximum absolute atomic E-state index is 12.4. The van der Waals surface area contributed by atoms with Gasteiger partial charge in [0.05, 0.1) is 17.7 Å². The van der Waals surface area contributed by atoms with Crippen molar-refractivity contribution in [2.75, 3.05) is 26.5 Å². The highest BCUT2D eigenvalue weighted by atomic mass is 32.2. The van der Waals surface area contributed by atoms with Crippen LogP contribution in [0.3, 0.4) is 0 Å². The van der Waals surface area contributed by atoms with E-state index in [1.807, 2.05) is 0 Å². The Hall–Kier alpha value is -2.72. The molecule has 0 aliphatic rings. The van der Waals surface area contributed by atoms with Crippen LogP contribution in [0.2, 0.25) is 0 Å². The van der Waals surface area contributed by atoms with Crippen LogP contribution in [0.5, 0.6) is 11.5 Å². The summed E-state index contributed by atoms with van der Waals surface area (Å²) in [7, 11) is 0.453. The van der Waals surface area contributed by atoms with Gasteiger partial charge in [-0.15, -0.1) is 0 Å². The zero-order valence-corrected chi connectivity index (χ0v) is 15.6. The largest absolute Gasteiger partial charge is 0.495 e. The van der Waals surface area contributed by atoms with Gasteiger partial charge in [0.2, 0.25) is 10.0 Å². The number of anilines is 1. The van der Waals surface area contributed by atoms with Crippen molar-refractivity contribution >= 4 is 21.6 Å². The molecule has 2 aromatic rings. The Labute approximate surface area is 155 Å². The Balaban J connectivity index is 2.28. The van der Waals surface area contributed by atoms with Crippen LogP contribution in [0.15, 0.2) is 47.4 Å². The Morgan fingerprint density at radius 2 is 1.74 bits per heavy atom. The molecule has 0 radical (unpaired) electrons. The van der Waals surface area contributed by atoms with E-state index in [-0.39, 0.29) is 27.6 Å². The molecule has 0 bridgehead atoms. The van der Waals surface area contributed by atoms with Gasteiger partial charge in [-0.25, -0.2) is 12.7 Å². The number of nitrogens with zero attached hydrogens (tertiary/aromatic N) is 1. The monoisotopic (exact) mass is 400 g/mol. The van der Waals surface area contributed by atoms with Crippen molar-refractivity contribution in [1.29, 1.82) is 0 Å². The fourth-order valence-corrected chi connectivity index (χ4v) is 3.07. The predicted octanol–water partition coefficient (Wildman–Crippen LogP) is 2.80. The molecule has 0 aliphatic carbocycles. The Morgan fingerprint density at radius 1 is 1.11 bits per heavy atom. The SMILES string of the molecule is COc1ccc(S(=O)(=O)N(C)C)cc1NC(=O)c1ccc(OC(F)F)cc1. The molecule has 0 saturated heterocycles. The zero-order valence-electron chi connectivity index (χ0n) is 14.8. The van der Waals surface area contributed by atoms with Crippen LogP contribution in [0, 0.1) is 0 Å². The van der Waals surface area contributed by atoms with Crippen LogP contribution in [0.25, 0.3) is 0 Å². The third-order valence-electron chi connectivity index (χ3n) is 3.54. The third kappa shape index (κ3) is 4.92. The van der Waals surface area contributed by atoms with Gasteiger partial charge in [0, 0.05) is 19.7 Å². The van der Waals surface area contributed by atoms with Crippen molar-refractivity contribution in [2.45, 2.75) is 11.5 Å². The van der Waals surface area contributed by atoms with Gasteiger partial charge in [-0.1, -0.05) is 0 Å². The molecule has 0 unspecified atom stereocenters. The van der Waals surface area contributed by atoms with Gasteiger partial charge in [0.1, 0.15) is 11.5 Å². The summed E-state index contributed by atoms with van der Waals surface area (Å²) < 4.78 is 59.3. The molecule has 1 amide bonds. The smallest absolute Gasteiger partial charge is 0.387 e. The molecule has 2 aromatic carbocycles. The molecule has 10 heteroatoms. The van der Waals surface area contributed by atoms with E-state index in [4.69, 9.17) is 4.74 Å². The lowest BCUT2D eigenvalue weighted by Gasteiger charge is -2.15. The first-order valence-electron chi connectivity index (χ1n) is 7.62. The summed E-state index contributed by atoms with van der Waals surface area (Å²) in [4.78, 5) is 12.4. The van der Waals surface area contributed by atoms with E-state index in [1.165, 1.54) is 63.7 Å². The number of nitrogens with one attached hydrogen (secondary N) is 1. The molecule has 0 saturated carbocycles. The Morgan fingerprint density at radius 3 is 2.26 bits per heavy atom. The van der Waals surface area contributed by atoms with Crippen LogP contribution in [0.1, 0.15) is 10.4 Å². The summed E-state index contributed by atoms with van der Waals surface area (Å²) in [5.74, 6) is -0.395. The van der Waals surface area contributed by atoms with Crippen molar-refractivity contribution in [3.63, 3.8) is 0 Å². The average molecular weight is 400 g/mol. The van der Waals surface area contributed by atoms with Crippen molar-refractivity contribution in [1.82, 2.24) is 4.31 Å². The van der Waals surface area contributed by atoms with Gasteiger partial charge in [0.25, 0.3) is 5.91 Å². The molecule has 27 heavy (non-hydrogen) atoms. The summed E-state index contributed by atoms with van der Waals surface area (Å²) in [6.07, 6.45) is 0. The molecule has 0 fully saturated rings. The minimum atomic E-state index is -3.70. The number of carbonyl (C=O) groups excluding carboxylic acids is 1. The number of hydrogen-bond acceptors (Lipinski definition) is 5. The fourth-order valence-electron chi connectivity index (χ4n) is 2.14. The van der Waals surface area contributed by atoms with Crippen LogP contribution in [-0.4, -0.2) is 46.4 Å². The highest BCUT2D eigenvalue weighted by molar-refractivity contribution is 7.89. The van der Waals surface area contributed by atoms with E-state index in [2.05, 4.69) is 10.1 Å². The summed E-state index contributed by atoms with van der Waals surface area (Å²) in [5, 5.41) is 2.55. The second kappa shape index (κ2) is 8.31. The normalized spacial score (nSPS) is 11.5. The van der Waals surface area contributed by atoms with Gasteiger partial charge < -0.3 is 14.8 Å². The highest BCUT2D eigenvalue weighted by Crippen LogP contribution is 2.29. The van der Waals surface area contributed by atoms with E-state index in [0.29, 0.717) is 0 Å². The number of rotatable bonds is 7. The van der Waals surface area contributed by atoms with E-state index in [1.54, 1.807) is 0 Å². The van der Waals surface area contributed by atoms with Gasteiger partial charge in [-0.05, 0) is 42.5 Å². The molecule has 146 valence electrons. The number of methoxy groups -OCH3 is 1. The number of amides is 1. The molecule has 1 N–H and O–H groups in total. The summed E-state index contributed by atoms with van der Waals surface area (Å²) in [6.45, 7) is -2.96. The average Bonchev–Trinajstić information content (AvgIpc) is 2.61. The molecule has 0 heterocycles. The van der Waals surface area contributed by atoms with Crippen molar-refractivity contribution < 1.29 is 31.5 Å². The number of benzene rings is 2. The number of carbonyl (C=O) groups is 1. The van der Waals surface area contributed by atoms with Crippen LogP contribution < -0.4 is 14.8 Å². The van der Waals surface area contributed by atoms with Crippen molar-refractivity contribution in [2.24, 2.45) is 0 Å². The van der Waals surface area contributed by atoms with Crippen LogP contribution in [0.4, 0.5) is 14.5 Å². The summed E-state index contributed by atoms with van der Waals surface area (Å²) >= 11 is 0. The topological polar surface area (TPSA) is 84.9 Å². The number of ether oxygens (including phenoxy) is 2. The molecule has 2 rings (SSSR count). The molecular formula is C17H18F2N2O5S. The van der Waals surface area contributed by atoms with Gasteiger partial charge in [0.15, 0.2) is 0 Å². The second-order valence-electron chi connectivity index (χ2n) is 5.51. The first-order chi connectivity index (χ1) is 12.6. The summed E-state index contributed by atoms with van der Waals surface area (Å²) in [5.41, 5.74) is 0.317. The predicted molar refractivity (Wildman–Crippen MR) is 94.9 cm³/mol. The first-order valence-corrected chi connectivity index (χ1v) is 9.06. The first kappa shape index (κ1) is 20.6. The fraction of sp³-hybridized carbons (Fsp3) is 0.235. The van der Waals surface area contributed by atoms with Gasteiger partial charge >= 0.3 is 6.61 Å². The number of halogens is 2. The van der Waals surface area contributed by atoms with E-state index < -0.39 is 22.5 Å². The van der Waals surface area contributed by atoms with E-state index >= 15 is 0 Å². The quantitative estimate of drug-likeness (QED) is 0.773. The van der Waals surface area contributed by atoms with Crippen molar-refractivity contribution in [3.8, 4) is 11.5 Å². The summed E-state index contributed by atoms with van der Waals surface area (Å²) in [6, 6.07) is 9.13. The maximum atomic E-state index is 12.4. The van der Waals surface area contributed by atoms with E-state index in [0.717, 1.165) is 4.31 Å². The lowest BCUT2D eigenvalue weighted by atomic mass is 10.2. The lowest BCUT2D eigenvalue weighted by molar-refractivity contribution is -0.0498. The molecule has 0 aliphatic heterocycles. The molecule has 0 spiro atoms. The van der Waals surface area contributed by atoms with Crippen LogP contribution in [-0.2, 0) is 10.0 Å². The number of sulfonamides is 1. The Bertz CT molecular complexity index is 915. The molecule has 0 aromatic heterocycles. The standard InChI is InChI=1S/C17H18F2N2O5S/c1-21(2)27(23,24)13-8-9-15(25-3)14(10-13)20-16(22)11-4-6-12(7-5-11)26-17(18)19/h4-10,17H,1-3H3,(H,20,22). The van der Waals surface area contributed by atoms with Gasteiger partial charge in [-0.2, -0.15) is 8.78 Å². The number of alkyl halides is 2. The highest BCUT2D eigenvalue weighted by Gasteiger charge is 2.20. The van der Waals surface area contributed by atoms with E-state index in [9.17, 15) is 22.0 Å². The molecule has 7 nitrogen and oxygen atoms in total. The maximum Gasteiger partial charge on any atom is 0.387 e.